The Hall–Kier alpha value is -3.79. The number of aromatic nitrogens is 3. The molecule has 0 aliphatic rings. The second-order valence-corrected chi connectivity index (χ2v) is 8.49. The summed E-state index contributed by atoms with van der Waals surface area (Å²) >= 11 is 0. The maximum Gasteiger partial charge on any atom is 0.360 e. The van der Waals surface area contributed by atoms with Gasteiger partial charge < -0.3 is 9.47 Å². The zero-order valence-corrected chi connectivity index (χ0v) is 17.6. The topological polar surface area (TPSA) is 117 Å². The van der Waals surface area contributed by atoms with Gasteiger partial charge in [-0.05, 0) is 25.1 Å². The third kappa shape index (κ3) is 3.12. The molecular weight excluding hydrogens is 422 g/mol. The number of hydrogen-bond acceptors (Lipinski definition) is 8. The molecule has 2 aromatic carbocycles. The minimum absolute atomic E-state index is 0.00741. The molecule has 0 amide bonds. The van der Waals surface area contributed by atoms with E-state index in [4.69, 9.17) is 9.47 Å². The van der Waals surface area contributed by atoms with Gasteiger partial charge in [-0.15, -0.1) is 10.2 Å². The van der Waals surface area contributed by atoms with E-state index in [9.17, 15) is 18.0 Å². The number of fused-ring (bicyclic) bond motifs is 3. The first-order valence-corrected chi connectivity index (χ1v) is 10.5. The van der Waals surface area contributed by atoms with Crippen LogP contribution in [0.25, 0.3) is 21.8 Å². The fraction of sp³-hybridized carbons (Fsp3) is 0.143. The molecule has 0 saturated heterocycles. The number of hydrogen-bond donors (Lipinski definition) is 0. The highest BCUT2D eigenvalue weighted by atomic mass is 32.2. The first-order valence-electron chi connectivity index (χ1n) is 9.10. The van der Waals surface area contributed by atoms with E-state index < -0.39 is 22.0 Å². The molecule has 0 radical (unpaired) electrons. The largest absolute Gasteiger partial charge is 0.464 e. The third-order valence-electron chi connectivity index (χ3n) is 4.86. The Morgan fingerprint density at radius 1 is 0.871 bits per heavy atom. The lowest BCUT2D eigenvalue weighted by Gasteiger charge is -2.11. The molecule has 0 N–H and O–H groups in total. The van der Waals surface area contributed by atoms with E-state index in [1.54, 1.807) is 36.4 Å². The van der Waals surface area contributed by atoms with Gasteiger partial charge >= 0.3 is 11.9 Å². The van der Waals surface area contributed by atoms with Gasteiger partial charge in [0.2, 0.25) is 0 Å². The summed E-state index contributed by atoms with van der Waals surface area (Å²) in [6, 6.07) is 12.8. The van der Waals surface area contributed by atoms with Crippen molar-refractivity contribution in [2.24, 2.45) is 0 Å². The first-order chi connectivity index (χ1) is 14.8. The van der Waals surface area contributed by atoms with Crippen molar-refractivity contribution in [3.05, 3.63) is 65.5 Å². The van der Waals surface area contributed by atoms with Gasteiger partial charge in [0.25, 0.3) is 10.0 Å². The molecule has 4 rings (SSSR count). The summed E-state index contributed by atoms with van der Waals surface area (Å²) in [4.78, 5) is 24.9. The number of methoxy groups -OCH3 is 2. The van der Waals surface area contributed by atoms with Crippen molar-refractivity contribution in [1.82, 2.24) is 14.2 Å². The van der Waals surface area contributed by atoms with E-state index >= 15 is 0 Å². The molecule has 0 aliphatic carbocycles. The molecule has 158 valence electrons. The van der Waals surface area contributed by atoms with Gasteiger partial charge in [0, 0.05) is 10.8 Å². The summed E-state index contributed by atoms with van der Waals surface area (Å²) in [5.41, 5.74) is 0.485. The second-order valence-electron chi connectivity index (χ2n) is 6.70. The van der Waals surface area contributed by atoms with Gasteiger partial charge in [-0.2, -0.15) is 0 Å². The van der Waals surface area contributed by atoms with Crippen molar-refractivity contribution in [2.75, 3.05) is 14.2 Å². The van der Waals surface area contributed by atoms with Crippen LogP contribution in [0.3, 0.4) is 0 Å². The van der Waals surface area contributed by atoms with E-state index in [0.717, 1.165) is 16.6 Å². The average molecular weight is 439 g/mol. The molecule has 0 atom stereocenters. The van der Waals surface area contributed by atoms with Crippen molar-refractivity contribution in [2.45, 2.75) is 11.8 Å². The smallest absolute Gasteiger partial charge is 0.360 e. The van der Waals surface area contributed by atoms with Gasteiger partial charge in [0.1, 0.15) is 5.52 Å². The van der Waals surface area contributed by atoms with Crippen LogP contribution in [0.2, 0.25) is 0 Å². The Morgan fingerprint density at radius 2 is 1.45 bits per heavy atom. The molecule has 4 aromatic rings. The molecular formula is C21H17N3O6S. The monoisotopic (exact) mass is 439 g/mol. The van der Waals surface area contributed by atoms with Gasteiger partial charge in [-0.25, -0.2) is 22.0 Å². The fourth-order valence-electron chi connectivity index (χ4n) is 3.40. The van der Waals surface area contributed by atoms with Crippen molar-refractivity contribution in [3.8, 4) is 0 Å². The molecule has 10 heteroatoms. The molecule has 2 heterocycles. The Bertz CT molecular complexity index is 1460. The fourth-order valence-corrected chi connectivity index (χ4v) is 4.93. The zero-order chi connectivity index (χ0) is 22.3. The lowest BCUT2D eigenvalue weighted by Crippen LogP contribution is -2.18. The molecule has 0 saturated carbocycles. The minimum atomic E-state index is -4.19. The molecule has 0 bridgehead atoms. The highest BCUT2D eigenvalue weighted by molar-refractivity contribution is 7.90. The first kappa shape index (κ1) is 20.5. The summed E-state index contributed by atoms with van der Waals surface area (Å²) in [7, 11) is -1.87. The van der Waals surface area contributed by atoms with Gasteiger partial charge in [-0.3, -0.25) is 0 Å². The number of aryl methyl sites for hydroxylation is 1. The molecule has 0 aliphatic heterocycles. The highest BCUT2D eigenvalue weighted by Gasteiger charge is 2.31. The number of ether oxygens (including phenoxy) is 2. The van der Waals surface area contributed by atoms with Gasteiger partial charge in [0.15, 0.2) is 11.4 Å². The van der Waals surface area contributed by atoms with Gasteiger partial charge in [-0.1, -0.05) is 35.9 Å². The van der Waals surface area contributed by atoms with Crippen LogP contribution in [-0.4, -0.2) is 48.7 Å². The molecule has 31 heavy (non-hydrogen) atoms. The molecule has 0 fully saturated rings. The van der Waals surface area contributed by atoms with Gasteiger partial charge in [0.05, 0.1) is 24.6 Å². The summed E-state index contributed by atoms with van der Waals surface area (Å²) < 4.78 is 38.0. The second kappa shape index (κ2) is 7.47. The van der Waals surface area contributed by atoms with Crippen LogP contribution in [0.4, 0.5) is 0 Å². The van der Waals surface area contributed by atoms with Crippen LogP contribution in [0.15, 0.2) is 53.4 Å². The summed E-state index contributed by atoms with van der Waals surface area (Å²) in [5, 5.41) is 8.19. The normalized spacial score (nSPS) is 11.6. The van der Waals surface area contributed by atoms with Crippen LogP contribution in [0.5, 0.6) is 0 Å². The highest BCUT2D eigenvalue weighted by Crippen LogP contribution is 2.35. The SMILES string of the molecule is COC(=O)c1nnc(C(=O)OC)c2c1c1ccccc1n2S(=O)(=O)c1ccc(C)cc1. The van der Waals surface area contributed by atoms with E-state index in [1.807, 2.05) is 6.92 Å². The molecule has 2 aromatic heterocycles. The standard InChI is InChI=1S/C21H17N3O6S/c1-12-8-10-13(11-9-12)31(27,28)24-15-7-5-4-6-14(15)16-17(20(25)29-2)22-23-18(19(16)24)21(26)30-3/h4-11H,1-3H3. The lowest BCUT2D eigenvalue weighted by molar-refractivity contribution is 0.0577. The number of carbonyl (C=O) groups excluding carboxylic acids is 2. The average Bonchev–Trinajstić information content (AvgIpc) is 3.14. The lowest BCUT2D eigenvalue weighted by atomic mass is 10.1. The number of para-hydroxylation sites is 1. The van der Waals surface area contributed by atoms with Crippen molar-refractivity contribution < 1.29 is 27.5 Å². The maximum absolute atomic E-state index is 13.7. The van der Waals surface area contributed by atoms with Crippen LogP contribution >= 0.6 is 0 Å². The summed E-state index contributed by atoms with van der Waals surface area (Å²) in [6.45, 7) is 1.84. The predicted octanol–water partition coefficient (Wildman–Crippen LogP) is 2.70. The summed E-state index contributed by atoms with van der Waals surface area (Å²) in [5.74, 6) is -1.71. The molecule has 0 spiro atoms. The molecule has 0 unspecified atom stereocenters. The van der Waals surface area contributed by atoms with Crippen LogP contribution in [0.1, 0.15) is 26.5 Å². The number of nitrogens with zero attached hydrogens (tertiary/aromatic N) is 3. The maximum atomic E-state index is 13.7. The van der Waals surface area contributed by atoms with E-state index in [2.05, 4.69) is 10.2 Å². The van der Waals surface area contributed by atoms with Crippen LogP contribution < -0.4 is 0 Å². The van der Waals surface area contributed by atoms with Crippen molar-refractivity contribution in [1.29, 1.82) is 0 Å². The number of carbonyl (C=O) groups is 2. The van der Waals surface area contributed by atoms with Crippen LogP contribution in [-0.2, 0) is 19.5 Å². The summed E-state index contributed by atoms with van der Waals surface area (Å²) in [6.07, 6.45) is 0. The Kier molecular flexibility index (Phi) is 4.94. The number of rotatable bonds is 4. The van der Waals surface area contributed by atoms with E-state index in [0.29, 0.717) is 5.39 Å². The van der Waals surface area contributed by atoms with Crippen molar-refractivity contribution in [3.63, 3.8) is 0 Å². The zero-order valence-electron chi connectivity index (χ0n) is 16.8. The van der Waals surface area contributed by atoms with E-state index in [1.165, 1.54) is 19.2 Å². The van der Waals surface area contributed by atoms with Crippen LogP contribution in [0, 0.1) is 6.92 Å². The van der Waals surface area contributed by atoms with Crippen molar-refractivity contribution >= 4 is 43.8 Å². The Morgan fingerprint density at radius 3 is 2.10 bits per heavy atom. The quantitative estimate of drug-likeness (QED) is 0.446. The Labute approximate surface area is 177 Å². The van der Waals surface area contributed by atoms with E-state index in [-0.39, 0.29) is 32.7 Å². The number of benzene rings is 2. The number of esters is 2. The Balaban J connectivity index is 2.25. The third-order valence-corrected chi connectivity index (χ3v) is 6.59. The molecule has 9 nitrogen and oxygen atoms in total. The predicted molar refractivity (Wildman–Crippen MR) is 111 cm³/mol. The minimum Gasteiger partial charge on any atom is -0.464 e.